The van der Waals surface area contributed by atoms with Crippen LogP contribution in [0.5, 0.6) is 0 Å². The average molecular weight is 294 g/mol. The Morgan fingerprint density at radius 3 is 2.76 bits per heavy atom. The molecule has 0 bridgehead atoms. The summed E-state index contributed by atoms with van der Waals surface area (Å²) in [7, 11) is 0. The van der Waals surface area contributed by atoms with Crippen LogP contribution in [0.25, 0.3) is 0 Å². The molecule has 2 unspecified atom stereocenters. The van der Waals surface area contributed by atoms with Crippen LogP contribution in [0.4, 0.5) is 0 Å². The van der Waals surface area contributed by atoms with Crippen molar-refractivity contribution in [2.45, 2.75) is 77.9 Å². The second-order valence-electron chi connectivity index (χ2n) is 7.07. The van der Waals surface area contributed by atoms with Crippen LogP contribution >= 0.6 is 0 Å². The molecular weight excluding hydrogens is 264 g/mol. The first-order valence-corrected chi connectivity index (χ1v) is 8.43. The Hall–Kier alpha value is -0.670. The van der Waals surface area contributed by atoms with Gasteiger partial charge in [-0.1, -0.05) is 26.8 Å². The maximum atomic E-state index is 12.1. The number of hydrogen-bond donors (Lipinski definition) is 1. The lowest BCUT2D eigenvalue weighted by atomic mass is 9.65. The van der Waals surface area contributed by atoms with Crippen LogP contribution in [0.3, 0.4) is 0 Å². The number of hydrogen-bond acceptors (Lipinski definition) is 3. The van der Waals surface area contributed by atoms with Gasteiger partial charge >= 0.3 is 0 Å². The minimum absolute atomic E-state index is 0.0180. The fraction of sp³-hybridized carbons (Fsp3) is 0.833. The van der Waals surface area contributed by atoms with Crippen molar-refractivity contribution >= 4 is 5.78 Å². The molecule has 0 saturated heterocycles. The van der Waals surface area contributed by atoms with Gasteiger partial charge in [0, 0.05) is 17.8 Å². The van der Waals surface area contributed by atoms with Gasteiger partial charge in [0.05, 0.1) is 18.3 Å². The van der Waals surface area contributed by atoms with Crippen LogP contribution in [-0.2, 0) is 9.53 Å². The van der Waals surface area contributed by atoms with Gasteiger partial charge in [0.2, 0.25) is 0 Å². The number of Topliss-reactive ketones (excluding diaryl/α,β-unsaturated/α-hetero) is 1. The highest BCUT2D eigenvalue weighted by Crippen LogP contribution is 2.52. The molecule has 0 aliphatic heterocycles. The zero-order valence-electron chi connectivity index (χ0n) is 13.9. The minimum Gasteiger partial charge on any atom is -0.388 e. The van der Waals surface area contributed by atoms with Crippen LogP contribution in [0, 0.1) is 11.3 Å². The van der Waals surface area contributed by atoms with Gasteiger partial charge in [-0.2, -0.15) is 0 Å². The van der Waals surface area contributed by atoms with Gasteiger partial charge in [0.25, 0.3) is 0 Å². The third kappa shape index (κ3) is 3.09. The fourth-order valence-electron chi connectivity index (χ4n) is 4.00. The van der Waals surface area contributed by atoms with Crippen molar-refractivity contribution in [3.63, 3.8) is 0 Å². The molecule has 120 valence electrons. The minimum atomic E-state index is -0.726. The normalized spacial score (nSPS) is 31.0. The van der Waals surface area contributed by atoms with E-state index < -0.39 is 5.60 Å². The Labute approximate surface area is 128 Å². The highest BCUT2D eigenvalue weighted by atomic mass is 16.5. The lowest BCUT2D eigenvalue weighted by molar-refractivity contribution is -0.128. The molecule has 21 heavy (non-hydrogen) atoms. The summed E-state index contributed by atoms with van der Waals surface area (Å²) in [6.07, 6.45) is 7.28. The first-order chi connectivity index (χ1) is 9.86. The van der Waals surface area contributed by atoms with Crippen LogP contribution in [-0.4, -0.2) is 29.2 Å². The van der Waals surface area contributed by atoms with Crippen molar-refractivity contribution in [2.24, 2.45) is 11.3 Å². The summed E-state index contributed by atoms with van der Waals surface area (Å²) in [6, 6.07) is 0. The van der Waals surface area contributed by atoms with Crippen molar-refractivity contribution in [3.05, 3.63) is 11.6 Å². The Kier molecular flexibility index (Phi) is 4.94. The first-order valence-electron chi connectivity index (χ1n) is 8.43. The molecule has 0 aromatic rings. The molecule has 1 fully saturated rings. The topological polar surface area (TPSA) is 46.5 Å². The molecule has 1 saturated carbocycles. The lowest BCUT2D eigenvalue weighted by Gasteiger charge is -2.40. The summed E-state index contributed by atoms with van der Waals surface area (Å²) < 4.78 is 5.99. The van der Waals surface area contributed by atoms with Crippen molar-refractivity contribution in [1.82, 2.24) is 0 Å². The van der Waals surface area contributed by atoms with E-state index in [-0.39, 0.29) is 17.4 Å². The van der Waals surface area contributed by atoms with Gasteiger partial charge in [-0.15, -0.1) is 0 Å². The number of fused-ring (bicyclic) bond motifs is 1. The Bertz CT molecular complexity index is 422. The summed E-state index contributed by atoms with van der Waals surface area (Å²) in [5.41, 5.74) is 0.525. The maximum absolute atomic E-state index is 12.1. The summed E-state index contributed by atoms with van der Waals surface area (Å²) in [4.78, 5) is 12.1. The van der Waals surface area contributed by atoms with Gasteiger partial charge in [0.15, 0.2) is 0 Å². The van der Waals surface area contributed by atoms with E-state index in [0.29, 0.717) is 25.2 Å². The summed E-state index contributed by atoms with van der Waals surface area (Å²) in [5, 5.41) is 10.4. The number of rotatable bonds is 6. The second-order valence-corrected chi connectivity index (χ2v) is 7.07. The number of carbonyl (C=O) groups excluding carboxylic acids is 1. The van der Waals surface area contributed by atoms with Gasteiger partial charge in [-0.25, -0.2) is 0 Å². The predicted molar refractivity (Wildman–Crippen MR) is 84.1 cm³/mol. The molecule has 2 rings (SSSR count). The highest BCUT2D eigenvalue weighted by Gasteiger charge is 2.48. The van der Waals surface area contributed by atoms with E-state index in [0.717, 1.165) is 25.7 Å². The molecule has 0 heterocycles. The standard InChI is InChI=1S/C18H30O3/c1-5-18(20,6-2)12-21-13(3)14-9-10-15-16(19)8-7-11-17(14,15)4/h9,13,15,20H,5-8,10-12H2,1-4H3/t13-,15?,17?/m0/s1. The number of ether oxygens (including phenoxy) is 1. The van der Waals surface area contributed by atoms with E-state index in [9.17, 15) is 9.90 Å². The van der Waals surface area contributed by atoms with Gasteiger partial charge < -0.3 is 9.84 Å². The molecule has 3 heteroatoms. The molecule has 0 aromatic carbocycles. The number of ketones is 1. The van der Waals surface area contributed by atoms with E-state index in [1.54, 1.807) is 0 Å². The van der Waals surface area contributed by atoms with Crippen molar-refractivity contribution < 1.29 is 14.6 Å². The molecule has 0 amide bonds. The van der Waals surface area contributed by atoms with Gasteiger partial charge in [0.1, 0.15) is 5.78 Å². The second kappa shape index (κ2) is 6.21. The largest absolute Gasteiger partial charge is 0.388 e. The maximum Gasteiger partial charge on any atom is 0.137 e. The zero-order chi connectivity index (χ0) is 15.7. The first kappa shape index (κ1) is 16.7. The quantitative estimate of drug-likeness (QED) is 0.761. The zero-order valence-corrected chi connectivity index (χ0v) is 13.9. The summed E-state index contributed by atoms with van der Waals surface area (Å²) in [5.74, 6) is 0.573. The number of aliphatic hydroxyl groups is 1. The highest BCUT2D eigenvalue weighted by molar-refractivity contribution is 5.84. The molecule has 2 aliphatic rings. The van der Waals surface area contributed by atoms with Crippen LogP contribution < -0.4 is 0 Å². The molecule has 1 N–H and O–H groups in total. The third-order valence-electron chi connectivity index (χ3n) is 5.87. The Morgan fingerprint density at radius 2 is 2.14 bits per heavy atom. The monoisotopic (exact) mass is 294 g/mol. The fourth-order valence-corrected chi connectivity index (χ4v) is 4.00. The smallest absolute Gasteiger partial charge is 0.137 e. The molecule has 3 nitrogen and oxygen atoms in total. The van der Waals surface area contributed by atoms with Gasteiger partial charge in [-0.3, -0.25) is 4.79 Å². The molecule has 2 aliphatic carbocycles. The van der Waals surface area contributed by atoms with Crippen molar-refractivity contribution in [1.29, 1.82) is 0 Å². The van der Waals surface area contributed by atoms with Crippen molar-refractivity contribution in [3.8, 4) is 0 Å². The summed E-state index contributed by atoms with van der Waals surface area (Å²) >= 11 is 0. The van der Waals surface area contributed by atoms with E-state index in [1.807, 2.05) is 13.8 Å². The Balaban J connectivity index is 2.03. The molecule has 0 aromatic heterocycles. The summed E-state index contributed by atoms with van der Waals surface area (Å²) in [6.45, 7) is 8.63. The third-order valence-corrected chi connectivity index (χ3v) is 5.87. The lowest BCUT2D eigenvalue weighted by Crippen LogP contribution is -2.40. The number of allylic oxidation sites excluding steroid dienone is 1. The van der Waals surface area contributed by atoms with Gasteiger partial charge in [-0.05, 0) is 44.6 Å². The SMILES string of the molecule is CCC(O)(CC)CO[C@@H](C)C1=CCC2C(=O)CCCC12C. The van der Waals surface area contributed by atoms with E-state index in [4.69, 9.17) is 4.74 Å². The average Bonchev–Trinajstić information content (AvgIpc) is 2.83. The molecule has 3 atom stereocenters. The number of carbonyl (C=O) groups is 1. The molecular formula is C18H30O3. The van der Waals surface area contributed by atoms with Crippen molar-refractivity contribution in [2.75, 3.05) is 6.61 Å². The predicted octanol–water partition coefficient (Wildman–Crippen LogP) is 3.65. The molecule has 0 spiro atoms. The molecule has 0 radical (unpaired) electrons. The Morgan fingerprint density at radius 1 is 1.48 bits per heavy atom. The van der Waals surface area contributed by atoms with Crippen LogP contribution in [0.1, 0.15) is 66.2 Å². The van der Waals surface area contributed by atoms with Crippen LogP contribution in [0.2, 0.25) is 0 Å². The van der Waals surface area contributed by atoms with E-state index in [2.05, 4.69) is 19.9 Å². The van der Waals surface area contributed by atoms with Crippen LogP contribution in [0.15, 0.2) is 11.6 Å². The van der Waals surface area contributed by atoms with E-state index >= 15 is 0 Å². The van der Waals surface area contributed by atoms with E-state index in [1.165, 1.54) is 5.57 Å².